The van der Waals surface area contributed by atoms with Crippen LogP contribution in [-0.4, -0.2) is 33.5 Å². The molecule has 0 saturated carbocycles. The molecule has 0 aliphatic carbocycles. The number of benzene rings is 1. The van der Waals surface area contributed by atoms with Crippen LogP contribution in [0.25, 0.3) is 5.57 Å². The van der Waals surface area contributed by atoms with Crippen LogP contribution >= 0.6 is 24.0 Å². The van der Waals surface area contributed by atoms with E-state index in [-0.39, 0.29) is 17.8 Å². The number of nitrogens with zero attached hydrogens (tertiary/aromatic N) is 1. The van der Waals surface area contributed by atoms with Gasteiger partial charge in [0.1, 0.15) is 6.54 Å². The van der Waals surface area contributed by atoms with Gasteiger partial charge in [-0.3, -0.25) is 19.3 Å². The quantitative estimate of drug-likeness (QED) is 0.662. The molecule has 106 valence electrons. The van der Waals surface area contributed by atoms with Crippen LogP contribution in [0.4, 0.5) is 5.69 Å². The van der Waals surface area contributed by atoms with Crippen molar-refractivity contribution in [2.24, 2.45) is 0 Å². The van der Waals surface area contributed by atoms with Crippen molar-refractivity contribution >= 4 is 57.1 Å². The summed E-state index contributed by atoms with van der Waals surface area (Å²) in [6.45, 7) is -0.435. The average molecular weight is 319 g/mol. The first-order valence-corrected chi connectivity index (χ1v) is 7.32. The van der Waals surface area contributed by atoms with Crippen molar-refractivity contribution in [2.45, 2.75) is 6.42 Å². The van der Waals surface area contributed by atoms with Crippen LogP contribution in [0.15, 0.2) is 29.2 Å². The number of rotatable bonds is 2. The number of hydrogen-bond acceptors (Lipinski definition) is 5. The second kappa shape index (κ2) is 5.09. The second-order valence-corrected chi connectivity index (χ2v) is 6.44. The molecule has 0 bridgehead atoms. The molecule has 1 fully saturated rings. The largest absolute Gasteiger partial charge is 0.480 e. The van der Waals surface area contributed by atoms with Crippen molar-refractivity contribution in [2.75, 3.05) is 11.4 Å². The van der Waals surface area contributed by atoms with E-state index in [9.17, 15) is 14.4 Å². The third-order valence-corrected chi connectivity index (χ3v) is 4.62. The summed E-state index contributed by atoms with van der Waals surface area (Å²) >= 11 is 6.16. The lowest BCUT2D eigenvalue weighted by molar-refractivity contribution is -0.136. The molecule has 0 spiro atoms. The Morgan fingerprint density at radius 1 is 1.33 bits per heavy atom. The van der Waals surface area contributed by atoms with E-state index in [1.165, 1.54) is 4.90 Å². The van der Waals surface area contributed by atoms with Crippen molar-refractivity contribution in [1.82, 2.24) is 0 Å². The fraction of sp³-hybridized carbons (Fsp3) is 0.143. The molecule has 1 saturated heterocycles. The molecule has 1 amide bonds. The minimum atomic E-state index is -1.11. The number of carboxylic acid groups (broad SMARTS) is 1. The molecule has 2 aliphatic rings. The van der Waals surface area contributed by atoms with Crippen LogP contribution in [0.5, 0.6) is 0 Å². The number of thiocarbonyl (C=S) groups is 1. The van der Waals surface area contributed by atoms with Gasteiger partial charge < -0.3 is 5.11 Å². The third-order valence-electron chi connectivity index (χ3n) is 3.22. The Kier molecular flexibility index (Phi) is 3.38. The highest BCUT2D eigenvalue weighted by Crippen LogP contribution is 2.44. The summed E-state index contributed by atoms with van der Waals surface area (Å²) in [7, 11) is 0. The Hall–Kier alpha value is -1.99. The maximum atomic E-state index is 12.5. The van der Waals surface area contributed by atoms with E-state index in [0.29, 0.717) is 20.4 Å². The van der Waals surface area contributed by atoms with Gasteiger partial charge in [-0.2, -0.15) is 0 Å². The van der Waals surface area contributed by atoms with Gasteiger partial charge in [0.05, 0.1) is 26.8 Å². The van der Waals surface area contributed by atoms with E-state index in [1.54, 1.807) is 24.3 Å². The number of Topliss-reactive ketones (excluding diaryl/α,β-unsaturated/α-hetero) is 1. The van der Waals surface area contributed by atoms with E-state index in [2.05, 4.69) is 0 Å². The topological polar surface area (TPSA) is 74.7 Å². The summed E-state index contributed by atoms with van der Waals surface area (Å²) in [4.78, 5) is 37.0. The van der Waals surface area contributed by atoms with Crippen LogP contribution in [-0.2, 0) is 14.4 Å². The normalized spacial score (nSPS) is 21.1. The van der Waals surface area contributed by atoms with Gasteiger partial charge >= 0.3 is 5.97 Å². The maximum Gasteiger partial charge on any atom is 0.323 e. The summed E-state index contributed by atoms with van der Waals surface area (Å²) < 4.78 is 0.532. The van der Waals surface area contributed by atoms with E-state index >= 15 is 0 Å². The Bertz CT molecular complexity index is 738. The van der Waals surface area contributed by atoms with E-state index < -0.39 is 18.4 Å². The highest BCUT2D eigenvalue weighted by Gasteiger charge is 2.39. The van der Waals surface area contributed by atoms with Crippen molar-refractivity contribution in [1.29, 1.82) is 0 Å². The molecule has 0 aromatic heterocycles. The molecule has 1 aromatic carbocycles. The molecule has 0 radical (unpaired) electrons. The number of carboxylic acids is 1. The number of hydrogen-bond donors (Lipinski definition) is 1. The molecule has 5 nitrogen and oxygen atoms in total. The Balaban J connectivity index is 2.18. The lowest BCUT2D eigenvalue weighted by Gasteiger charge is -2.13. The number of para-hydroxylation sites is 1. The first-order chi connectivity index (χ1) is 9.99. The monoisotopic (exact) mass is 319 g/mol. The molecular formula is C14H9NO4S2. The van der Waals surface area contributed by atoms with E-state index in [0.717, 1.165) is 11.8 Å². The number of ketones is 1. The van der Waals surface area contributed by atoms with Crippen molar-refractivity contribution in [3.05, 3.63) is 34.7 Å². The Morgan fingerprint density at radius 2 is 2.05 bits per heavy atom. The molecule has 3 rings (SSSR count). The van der Waals surface area contributed by atoms with Gasteiger partial charge in [-0.15, -0.1) is 0 Å². The number of thioether (sulfide) groups is 1. The molecule has 1 N–H and O–H groups in total. The summed E-state index contributed by atoms with van der Waals surface area (Å²) in [6.07, 6.45) is 0.146. The SMILES string of the molecule is O=C(O)CN1C(=O)/C(=C2\SC(=S)CC2=O)c2ccccc21. The summed E-state index contributed by atoms with van der Waals surface area (Å²) in [5.41, 5.74) is 1.37. The predicted octanol–water partition coefficient (Wildman–Crippen LogP) is 1.86. The van der Waals surface area contributed by atoms with Gasteiger partial charge in [-0.05, 0) is 6.07 Å². The molecule has 0 atom stereocenters. The summed E-state index contributed by atoms with van der Waals surface area (Å²) in [5, 5.41) is 8.96. The number of allylic oxidation sites excluding steroid dienone is 1. The molecule has 2 aliphatic heterocycles. The van der Waals surface area contributed by atoms with Crippen LogP contribution < -0.4 is 4.90 Å². The smallest absolute Gasteiger partial charge is 0.323 e. The Labute approximate surface area is 129 Å². The zero-order valence-corrected chi connectivity index (χ0v) is 12.3. The minimum Gasteiger partial charge on any atom is -0.480 e. The average Bonchev–Trinajstić information content (AvgIpc) is 2.88. The van der Waals surface area contributed by atoms with Gasteiger partial charge in [0, 0.05) is 5.56 Å². The number of aliphatic carboxylic acids is 1. The molecule has 1 aromatic rings. The highest BCUT2D eigenvalue weighted by molar-refractivity contribution is 8.27. The first kappa shape index (κ1) is 14.0. The Morgan fingerprint density at radius 3 is 2.67 bits per heavy atom. The molecule has 21 heavy (non-hydrogen) atoms. The van der Waals surface area contributed by atoms with E-state index in [4.69, 9.17) is 17.3 Å². The maximum absolute atomic E-state index is 12.5. The molecule has 0 unspecified atom stereocenters. The van der Waals surface area contributed by atoms with Crippen LogP contribution in [0.3, 0.4) is 0 Å². The lowest BCUT2D eigenvalue weighted by atomic mass is 10.1. The van der Waals surface area contributed by atoms with Crippen molar-refractivity contribution in [3.8, 4) is 0 Å². The summed E-state index contributed by atoms with van der Waals surface area (Å²) in [5.74, 6) is -1.75. The fourth-order valence-corrected chi connectivity index (χ4v) is 3.70. The first-order valence-electron chi connectivity index (χ1n) is 6.10. The van der Waals surface area contributed by atoms with Crippen molar-refractivity contribution in [3.63, 3.8) is 0 Å². The molecule has 2 heterocycles. The van der Waals surface area contributed by atoms with Gasteiger partial charge in [0.2, 0.25) is 0 Å². The number of carbonyl (C=O) groups is 3. The van der Waals surface area contributed by atoms with Crippen molar-refractivity contribution < 1.29 is 19.5 Å². The number of carbonyl (C=O) groups excluding carboxylic acids is 2. The molecular weight excluding hydrogens is 310 g/mol. The number of amides is 1. The minimum absolute atomic E-state index is 0.146. The van der Waals surface area contributed by atoms with Gasteiger partial charge in [-0.25, -0.2) is 0 Å². The molecule has 7 heteroatoms. The van der Waals surface area contributed by atoms with E-state index in [1.807, 2.05) is 0 Å². The van der Waals surface area contributed by atoms with Gasteiger partial charge in [-0.1, -0.05) is 42.2 Å². The van der Waals surface area contributed by atoms with Gasteiger partial charge in [0.25, 0.3) is 5.91 Å². The van der Waals surface area contributed by atoms with Crippen LogP contribution in [0, 0.1) is 0 Å². The number of anilines is 1. The zero-order valence-electron chi connectivity index (χ0n) is 10.7. The fourth-order valence-electron chi connectivity index (χ4n) is 2.40. The predicted molar refractivity (Wildman–Crippen MR) is 83.2 cm³/mol. The standard InChI is InChI=1S/C14H9NO4S2/c16-9-5-11(20)21-13(9)12-7-3-1-2-4-8(7)15(14(12)19)6-10(17)18/h1-4H,5-6H2,(H,17,18)/b13-12-. The van der Waals surface area contributed by atoms with Crippen LogP contribution in [0.2, 0.25) is 0 Å². The van der Waals surface area contributed by atoms with Gasteiger partial charge in [0.15, 0.2) is 5.78 Å². The summed E-state index contributed by atoms with van der Waals surface area (Å²) in [6, 6.07) is 6.86. The second-order valence-electron chi connectivity index (χ2n) is 4.58. The highest BCUT2D eigenvalue weighted by atomic mass is 32.2. The number of fused-ring (bicyclic) bond motifs is 1. The lowest BCUT2D eigenvalue weighted by Crippen LogP contribution is -2.32. The zero-order chi connectivity index (χ0) is 15.1. The van der Waals surface area contributed by atoms with Crippen LogP contribution in [0.1, 0.15) is 12.0 Å². The third kappa shape index (κ3) is 2.28.